The van der Waals surface area contributed by atoms with Gasteiger partial charge in [0, 0.05) is 12.6 Å². The summed E-state index contributed by atoms with van der Waals surface area (Å²) in [4.78, 5) is 4.22. The number of hydrogen-bond donors (Lipinski definition) is 1. The highest BCUT2D eigenvalue weighted by molar-refractivity contribution is 5.86. The number of fused-ring (bicyclic) bond motifs is 1. The van der Waals surface area contributed by atoms with E-state index in [2.05, 4.69) is 39.7 Å². The predicted molar refractivity (Wildman–Crippen MR) is 66.8 cm³/mol. The number of nitrogens with zero attached hydrogens (tertiary/aromatic N) is 2. The molecular weight excluding hydrogens is 214 g/mol. The molecule has 1 heterocycles. The first-order valence-electron chi connectivity index (χ1n) is 5.37. The van der Waals surface area contributed by atoms with Crippen LogP contribution in [0.1, 0.15) is 0 Å². The fourth-order valence-electron chi connectivity index (χ4n) is 1.77. The molecule has 0 aliphatic rings. The summed E-state index contributed by atoms with van der Waals surface area (Å²) < 4.78 is 5.01. The van der Waals surface area contributed by atoms with Gasteiger partial charge in [-0.2, -0.15) is 4.98 Å². The molecule has 0 aliphatic carbocycles. The van der Waals surface area contributed by atoms with E-state index in [1.165, 1.54) is 10.8 Å². The quantitative estimate of drug-likeness (QED) is 0.728. The Kier molecular flexibility index (Phi) is 2.26. The molecule has 0 radical (unpaired) electrons. The molecule has 2 aromatic carbocycles. The van der Waals surface area contributed by atoms with E-state index >= 15 is 0 Å². The van der Waals surface area contributed by atoms with Crippen molar-refractivity contribution in [3.05, 3.63) is 42.5 Å². The van der Waals surface area contributed by atoms with E-state index in [0.29, 0.717) is 11.8 Å². The summed E-state index contributed by atoms with van der Waals surface area (Å²) in [5, 5.41) is 9.10. The van der Waals surface area contributed by atoms with Crippen molar-refractivity contribution in [2.24, 2.45) is 0 Å². The van der Waals surface area contributed by atoms with Gasteiger partial charge in [-0.15, -0.1) is 0 Å². The first-order valence-corrected chi connectivity index (χ1v) is 5.37. The zero-order chi connectivity index (χ0) is 11.7. The zero-order valence-electron chi connectivity index (χ0n) is 9.34. The number of rotatable bonds is 2. The minimum atomic E-state index is 0.424. The number of aromatic nitrogens is 2. The molecule has 0 fully saturated rings. The monoisotopic (exact) mass is 225 g/mol. The Bertz CT molecular complexity index is 660. The Hall–Kier alpha value is -2.36. The van der Waals surface area contributed by atoms with Crippen LogP contribution in [0.5, 0.6) is 0 Å². The van der Waals surface area contributed by atoms with E-state index in [1.54, 1.807) is 7.05 Å². The number of anilines is 1. The third-order valence-corrected chi connectivity index (χ3v) is 2.65. The van der Waals surface area contributed by atoms with Gasteiger partial charge in [-0.3, -0.25) is 0 Å². The lowest BCUT2D eigenvalue weighted by Gasteiger charge is -1.98. The molecule has 1 N–H and O–H groups in total. The normalized spacial score (nSPS) is 10.6. The van der Waals surface area contributed by atoms with Crippen LogP contribution >= 0.6 is 0 Å². The summed E-state index contributed by atoms with van der Waals surface area (Å²) in [6.45, 7) is 0. The van der Waals surface area contributed by atoms with Crippen molar-refractivity contribution in [2.45, 2.75) is 0 Å². The molecule has 0 saturated carbocycles. The van der Waals surface area contributed by atoms with E-state index in [-0.39, 0.29) is 0 Å². The highest BCUT2D eigenvalue weighted by atomic mass is 16.5. The molecule has 1 aromatic heterocycles. The van der Waals surface area contributed by atoms with Crippen molar-refractivity contribution in [3.8, 4) is 11.4 Å². The lowest BCUT2D eigenvalue weighted by atomic mass is 10.1. The van der Waals surface area contributed by atoms with Crippen LogP contribution in [0.3, 0.4) is 0 Å². The second-order valence-corrected chi connectivity index (χ2v) is 3.74. The fourth-order valence-corrected chi connectivity index (χ4v) is 1.77. The highest BCUT2D eigenvalue weighted by Gasteiger charge is 2.07. The second kappa shape index (κ2) is 3.90. The molecule has 0 saturated heterocycles. The first-order chi connectivity index (χ1) is 8.36. The minimum absolute atomic E-state index is 0.424. The van der Waals surface area contributed by atoms with Gasteiger partial charge in [-0.1, -0.05) is 41.6 Å². The van der Waals surface area contributed by atoms with Crippen LogP contribution in [0.4, 0.5) is 6.01 Å². The fraction of sp³-hybridized carbons (Fsp3) is 0.0769. The van der Waals surface area contributed by atoms with Crippen molar-refractivity contribution in [2.75, 3.05) is 12.4 Å². The maximum Gasteiger partial charge on any atom is 0.321 e. The summed E-state index contributed by atoms with van der Waals surface area (Å²) in [5.41, 5.74) is 0.953. The summed E-state index contributed by atoms with van der Waals surface area (Å²) in [7, 11) is 1.75. The van der Waals surface area contributed by atoms with Gasteiger partial charge in [0.05, 0.1) is 0 Å². The molecule has 0 aliphatic heterocycles. The third kappa shape index (κ3) is 1.73. The summed E-state index contributed by atoms with van der Waals surface area (Å²) >= 11 is 0. The van der Waals surface area contributed by atoms with Gasteiger partial charge in [0.1, 0.15) is 0 Å². The van der Waals surface area contributed by atoms with Crippen molar-refractivity contribution < 1.29 is 4.52 Å². The van der Waals surface area contributed by atoms with Crippen LogP contribution in [0.15, 0.2) is 47.0 Å². The molecule has 0 unspecified atom stereocenters. The SMILES string of the molecule is CNc1nc(-c2ccc3ccccc3c2)no1. The molecule has 4 nitrogen and oxygen atoms in total. The minimum Gasteiger partial charge on any atom is -0.341 e. The Balaban J connectivity index is 2.11. The van der Waals surface area contributed by atoms with Gasteiger partial charge >= 0.3 is 6.01 Å². The molecular formula is C13H11N3O. The van der Waals surface area contributed by atoms with Gasteiger partial charge in [0.2, 0.25) is 5.82 Å². The van der Waals surface area contributed by atoms with Crippen molar-refractivity contribution in [1.82, 2.24) is 10.1 Å². The van der Waals surface area contributed by atoms with Gasteiger partial charge < -0.3 is 9.84 Å². The van der Waals surface area contributed by atoms with Crippen molar-refractivity contribution >= 4 is 16.8 Å². The summed E-state index contributed by atoms with van der Waals surface area (Å²) in [6, 6.07) is 14.7. The molecule has 4 heteroatoms. The average molecular weight is 225 g/mol. The predicted octanol–water partition coefficient (Wildman–Crippen LogP) is 2.93. The maximum absolute atomic E-state index is 5.01. The topological polar surface area (TPSA) is 51.0 Å². The van der Waals surface area contributed by atoms with Crippen LogP contribution in [-0.4, -0.2) is 17.2 Å². The smallest absolute Gasteiger partial charge is 0.321 e. The third-order valence-electron chi connectivity index (χ3n) is 2.65. The van der Waals surface area contributed by atoms with Gasteiger partial charge in [-0.05, 0) is 16.8 Å². The van der Waals surface area contributed by atoms with Crippen molar-refractivity contribution in [1.29, 1.82) is 0 Å². The molecule has 17 heavy (non-hydrogen) atoms. The van der Waals surface area contributed by atoms with E-state index in [0.717, 1.165) is 5.56 Å². The average Bonchev–Trinajstić information content (AvgIpc) is 2.87. The van der Waals surface area contributed by atoms with Crippen molar-refractivity contribution in [3.63, 3.8) is 0 Å². The maximum atomic E-state index is 5.01. The van der Waals surface area contributed by atoms with E-state index in [1.807, 2.05) is 18.2 Å². The molecule has 3 rings (SSSR count). The largest absolute Gasteiger partial charge is 0.341 e. The van der Waals surface area contributed by atoms with Crippen LogP contribution in [-0.2, 0) is 0 Å². The first kappa shape index (κ1) is 9.84. The van der Waals surface area contributed by atoms with E-state index in [4.69, 9.17) is 4.52 Å². The number of benzene rings is 2. The molecule has 0 amide bonds. The Labute approximate surface area is 98.3 Å². The summed E-state index contributed by atoms with van der Waals surface area (Å²) in [5.74, 6) is 0.597. The summed E-state index contributed by atoms with van der Waals surface area (Å²) in [6.07, 6.45) is 0. The Morgan fingerprint density at radius 2 is 1.88 bits per heavy atom. The molecule has 0 atom stereocenters. The molecule has 84 valence electrons. The zero-order valence-corrected chi connectivity index (χ0v) is 9.34. The van der Waals surface area contributed by atoms with Crippen LogP contribution in [0, 0.1) is 0 Å². The lowest BCUT2D eigenvalue weighted by molar-refractivity contribution is 0.434. The standard InChI is InChI=1S/C13H11N3O/c1-14-13-15-12(16-17-13)11-7-6-9-4-2-3-5-10(9)8-11/h2-8H,1H3,(H,14,15,16). The van der Waals surface area contributed by atoms with Crippen LogP contribution in [0.25, 0.3) is 22.2 Å². The van der Waals surface area contributed by atoms with E-state index < -0.39 is 0 Å². The van der Waals surface area contributed by atoms with Gasteiger partial charge in [0.15, 0.2) is 0 Å². The second-order valence-electron chi connectivity index (χ2n) is 3.74. The number of nitrogens with one attached hydrogen (secondary N) is 1. The molecule has 0 spiro atoms. The van der Waals surface area contributed by atoms with Gasteiger partial charge in [0.25, 0.3) is 0 Å². The Morgan fingerprint density at radius 1 is 1.06 bits per heavy atom. The highest BCUT2D eigenvalue weighted by Crippen LogP contribution is 2.22. The van der Waals surface area contributed by atoms with Crippen LogP contribution in [0.2, 0.25) is 0 Å². The van der Waals surface area contributed by atoms with Crippen LogP contribution < -0.4 is 5.32 Å². The molecule has 0 bridgehead atoms. The molecule has 3 aromatic rings. The Morgan fingerprint density at radius 3 is 2.65 bits per heavy atom. The number of hydrogen-bond acceptors (Lipinski definition) is 4. The van der Waals surface area contributed by atoms with E-state index in [9.17, 15) is 0 Å². The lowest BCUT2D eigenvalue weighted by Crippen LogP contribution is -1.87. The van der Waals surface area contributed by atoms with Gasteiger partial charge in [-0.25, -0.2) is 0 Å².